The average Bonchev–Trinajstić information content (AvgIpc) is 2.66. The van der Waals surface area contributed by atoms with E-state index < -0.39 is 0 Å². The van der Waals surface area contributed by atoms with Gasteiger partial charge in [-0.05, 0) is 0 Å². The molecule has 0 radical (unpaired) electrons. The van der Waals surface area contributed by atoms with Crippen molar-refractivity contribution in [3.05, 3.63) is 18.6 Å². The Morgan fingerprint density at radius 2 is 2.47 bits per heavy atom. The van der Waals surface area contributed by atoms with Crippen LogP contribution in [-0.4, -0.2) is 66.9 Å². The molecule has 0 N–H and O–H groups in total. The highest BCUT2D eigenvalue weighted by Crippen LogP contribution is 2.09. The number of carbonyl (C=O) groups is 1. The molecular formula is C12H17N3O4. The summed E-state index contributed by atoms with van der Waals surface area (Å²) in [4.78, 5) is 21.5. The molecule has 1 amide bonds. The van der Waals surface area contributed by atoms with E-state index in [1.165, 1.54) is 13.3 Å². The third-order valence-corrected chi connectivity index (χ3v) is 2.68. The minimum atomic E-state index is -0.250. The summed E-state index contributed by atoms with van der Waals surface area (Å²) in [6, 6.07) is 0. The maximum absolute atomic E-state index is 11.8. The Balaban J connectivity index is 1.94. The number of carbonyl (C=O) groups excluding carboxylic acids is 1. The molecule has 2 rings (SSSR count). The molecule has 0 spiro atoms. The van der Waals surface area contributed by atoms with E-state index in [2.05, 4.69) is 9.97 Å². The molecule has 7 heteroatoms. The fraction of sp³-hybridized carbons (Fsp3) is 0.583. The quantitative estimate of drug-likeness (QED) is 0.747. The molecule has 2 heterocycles. The van der Waals surface area contributed by atoms with Crippen molar-refractivity contribution in [1.82, 2.24) is 14.9 Å². The van der Waals surface area contributed by atoms with Crippen molar-refractivity contribution < 1.29 is 19.0 Å². The van der Waals surface area contributed by atoms with Crippen LogP contribution >= 0.6 is 0 Å². The van der Waals surface area contributed by atoms with E-state index in [1.807, 2.05) is 0 Å². The Kier molecular flexibility index (Phi) is 5.05. The van der Waals surface area contributed by atoms with E-state index in [4.69, 9.17) is 14.2 Å². The SMILES string of the molecule is COCC(=O)N1CCOC[C@H](Oc2cnccn2)C1. The maximum Gasteiger partial charge on any atom is 0.248 e. The molecule has 1 fully saturated rings. The standard InChI is InChI=1S/C12H17N3O4/c1-17-9-12(16)15-4-5-18-8-10(7-15)19-11-6-13-2-3-14-11/h2-3,6,10H,4-5,7-9H2,1H3/t10-/m1/s1. The van der Waals surface area contributed by atoms with E-state index in [1.54, 1.807) is 17.3 Å². The lowest BCUT2D eigenvalue weighted by molar-refractivity contribution is -0.135. The zero-order valence-electron chi connectivity index (χ0n) is 10.8. The Labute approximate surface area is 111 Å². The Hall–Kier alpha value is -1.73. The number of nitrogens with zero attached hydrogens (tertiary/aromatic N) is 3. The van der Waals surface area contributed by atoms with Crippen LogP contribution in [0.3, 0.4) is 0 Å². The predicted octanol–water partition coefficient (Wildman–Crippen LogP) is -0.271. The highest BCUT2D eigenvalue weighted by molar-refractivity contribution is 5.77. The molecule has 1 aromatic heterocycles. The van der Waals surface area contributed by atoms with Gasteiger partial charge in [-0.25, -0.2) is 4.98 Å². The van der Waals surface area contributed by atoms with E-state index in [0.717, 1.165) is 0 Å². The van der Waals surface area contributed by atoms with Crippen molar-refractivity contribution in [2.45, 2.75) is 6.10 Å². The van der Waals surface area contributed by atoms with Gasteiger partial charge in [-0.2, -0.15) is 0 Å². The van der Waals surface area contributed by atoms with Gasteiger partial charge < -0.3 is 19.1 Å². The summed E-state index contributed by atoms with van der Waals surface area (Å²) in [5, 5.41) is 0. The first-order valence-corrected chi connectivity index (χ1v) is 6.06. The summed E-state index contributed by atoms with van der Waals surface area (Å²) in [7, 11) is 1.50. The van der Waals surface area contributed by atoms with Gasteiger partial charge in [0.15, 0.2) is 0 Å². The first-order valence-electron chi connectivity index (χ1n) is 6.06. The minimum Gasteiger partial charge on any atom is -0.469 e. The summed E-state index contributed by atoms with van der Waals surface area (Å²) in [6.45, 7) is 1.99. The second kappa shape index (κ2) is 7.01. The monoisotopic (exact) mass is 267 g/mol. The second-order valence-electron chi connectivity index (χ2n) is 4.13. The molecule has 104 valence electrons. The molecule has 0 unspecified atom stereocenters. The normalized spacial score (nSPS) is 19.8. The third-order valence-electron chi connectivity index (χ3n) is 2.68. The fourth-order valence-electron chi connectivity index (χ4n) is 1.81. The van der Waals surface area contributed by atoms with Gasteiger partial charge in [-0.1, -0.05) is 0 Å². The lowest BCUT2D eigenvalue weighted by Gasteiger charge is -2.23. The predicted molar refractivity (Wildman–Crippen MR) is 65.7 cm³/mol. The number of rotatable bonds is 4. The van der Waals surface area contributed by atoms with Crippen molar-refractivity contribution in [1.29, 1.82) is 0 Å². The maximum atomic E-state index is 11.8. The molecule has 0 bridgehead atoms. The molecule has 0 saturated carbocycles. The first kappa shape index (κ1) is 13.7. The minimum absolute atomic E-state index is 0.0673. The van der Waals surface area contributed by atoms with Gasteiger partial charge in [0.1, 0.15) is 12.7 Å². The fourth-order valence-corrected chi connectivity index (χ4v) is 1.81. The summed E-state index contributed by atoms with van der Waals surface area (Å²) in [6.07, 6.45) is 4.41. The topological polar surface area (TPSA) is 73.8 Å². The third kappa shape index (κ3) is 4.15. The van der Waals surface area contributed by atoms with Crippen molar-refractivity contribution >= 4 is 5.91 Å². The number of hydrogen-bond donors (Lipinski definition) is 0. The van der Waals surface area contributed by atoms with Crippen LogP contribution in [-0.2, 0) is 14.3 Å². The Morgan fingerprint density at radius 1 is 1.58 bits per heavy atom. The zero-order valence-corrected chi connectivity index (χ0v) is 10.8. The van der Waals surface area contributed by atoms with Crippen LogP contribution in [0.5, 0.6) is 5.88 Å². The van der Waals surface area contributed by atoms with Crippen LogP contribution in [0, 0.1) is 0 Å². The molecule has 1 aliphatic rings. The van der Waals surface area contributed by atoms with Crippen LogP contribution in [0.2, 0.25) is 0 Å². The molecule has 1 atom stereocenters. The summed E-state index contributed by atoms with van der Waals surface area (Å²) >= 11 is 0. The molecule has 7 nitrogen and oxygen atoms in total. The van der Waals surface area contributed by atoms with E-state index >= 15 is 0 Å². The van der Waals surface area contributed by atoms with Gasteiger partial charge in [0, 0.05) is 26.0 Å². The lowest BCUT2D eigenvalue weighted by Crippen LogP contribution is -2.41. The van der Waals surface area contributed by atoms with Crippen LogP contribution in [0.25, 0.3) is 0 Å². The van der Waals surface area contributed by atoms with Crippen LogP contribution in [0.1, 0.15) is 0 Å². The molecule has 0 aromatic carbocycles. The number of methoxy groups -OCH3 is 1. The zero-order chi connectivity index (χ0) is 13.5. The smallest absolute Gasteiger partial charge is 0.248 e. The van der Waals surface area contributed by atoms with Crippen LogP contribution < -0.4 is 4.74 Å². The number of amides is 1. The Morgan fingerprint density at radius 3 is 3.21 bits per heavy atom. The Bertz CT molecular complexity index is 401. The molecule has 1 saturated heterocycles. The van der Waals surface area contributed by atoms with Crippen molar-refractivity contribution in [2.24, 2.45) is 0 Å². The van der Waals surface area contributed by atoms with Gasteiger partial charge >= 0.3 is 0 Å². The average molecular weight is 267 g/mol. The van der Waals surface area contributed by atoms with E-state index in [0.29, 0.717) is 32.2 Å². The van der Waals surface area contributed by atoms with Crippen LogP contribution in [0.15, 0.2) is 18.6 Å². The highest BCUT2D eigenvalue weighted by Gasteiger charge is 2.23. The molecular weight excluding hydrogens is 250 g/mol. The summed E-state index contributed by atoms with van der Waals surface area (Å²) in [5.74, 6) is 0.359. The van der Waals surface area contributed by atoms with Gasteiger partial charge in [0.2, 0.25) is 11.8 Å². The van der Waals surface area contributed by atoms with Gasteiger partial charge in [-0.15, -0.1) is 0 Å². The van der Waals surface area contributed by atoms with Crippen molar-refractivity contribution in [3.8, 4) is 5.88 Å². The van der Waals surface area contributed by atoms with Crippen molar-refractivity contribution in [3.63, 3.8) is 0 Å². The highest BCUT2D eigenvalue weighted by atomic mass is 16.5. The summed E-state index contributed by atoms with van der Waals surface area (Å²) < 4.78 is 15.9. The second-order valence-corrected chi connectivity index (χ2v) is 4.13. The lowest BCUT2D eigenvalue weighted by atomic mass is 10.3. The van der Waals surface area contributed by atoms with Gasteiger partial charge in [0.05, 0.1) is 26.0 Å². The van der Waals surface area contributed by atoms with Gasteiger partial charge in [-0.3, -0.25) is 9.78 Å². The first-order chi connectivity index (χ1) is 9.29. The number of ether oxygens (including phenoxy) is 3. The van der Waals surface area contributed by atoms with E-state index in [9.17, 15) is 4.79 Å². The van der Waals surface area contributed by atoms with Gasteiger partial charge in [0.25, 0.3) is 0 Å². The largest absolute Gasteiger partial charge is 0.469 e. The molecule has 19 heavy (non-hydrogen) atoms. The summed E-state index contributed by atoms with van der Waals surface area (Å²) in [5.41, 5.74) is 0. The molecule has 1 aromatic rings. The van der Waals surface area contributed by atoms with E-state index in [-0.39, 0.29) is 18.6 Å². The number of aromatic nitrogens is 2. The number of hydrogen-bond acceptors (Lipinski definition) is 6. The van der Waals surface area contributed by atoms with Crippen LogP contribution in [0.4, 0.5) is 0 Å². The van der Waals surface area contributed by atoms with Crippen molar-refractivity contribution in [2.75, 3.05) is 40.0 Å². The molecule has 0 aliphatic carbocycles. The molecule has 1 aliphatic heterocycles.